The second-order valence-electron chi connectivity index (χ2n) is 8.44. The van der Waals surface area contributed by atoms with Gasteiger partial charge < -0.3 is 29.7 Å². The fourth-order valence-corrected chi connectivity index (χ4v) is 4.49. The maximum Gasteiger partial charge on any atom is 0.316 e. The Morgan fingerprint density at radius 1 is 1.12 bits per heavy atom. The summed E-state index contributed by atoms with van der Waals surface area (Å²) < 4.78 is 16.4. The van der Waals surface area contributed by atoms with Gasteiger partial charge in [0.2, 0.25) is 0 Å². The van der Waals surface area contributed by atoms with Crippen molar-refractivity contribution in [2.24, 2.45) is 0 Å². The lowest BCUT2D eigenvalue weighted by molar-refractivity contribution is 0.102. The molecule has 1 fully saturated rings. The minimum atomic E-state index is -0.272. The zero-order chi connectivity index (χ0) is 22.9. The van der Waals surface area contributed by atoms with Crippen LogP contribution in [0.15, 0.2) is 36.5 Å². The lowest BCUT2D eigenvalue weighted by Gasteiger charge is -2.38. The number of anilines is 2. The lowest BCUT2D eigenvalue weighted by Crippen LogP contribution is -2.54. The molecule has 9 heteroatoms. The fourth-order valence-electron chi connectivity index (χ4n) is 4.49. The van der Waals surface area contributed by atoms with Crippen molar-refractivity contribution in [2.45, 2.75) is 25.9 Å². The molecule has 2 aliphatic heterocycles. The number of nitrogens with one attached hydrogen (secondary N) is 2. The highest BCUT2D eigenvalue weighted by Gasteiger charge is 2.25. The molecule has 1 amide bonds. The standard InChI is InChI=1S/C24H27N5O4/c1-14-12-29(13-15(2)26-14)19-6-5-17(22-18(19)11-25-24(28-22)31-3)23(30)27-16-4-7-20-21(10-16)33-9-8-32-20/h4-7,10-11,14-15,26H,8-9,12-13H2,1-3H3,(H,27,30). The van der Waals surface area contributed by atoms with Gasteiger partial charge in [0.05, 0.1) is 18.2 Å². The third kappa shape index (κ3) is 4.23. The predicted octanol–water partition coefficient (Wildman–Crippen LogP) is 2.85. The molecule has 2 unspecified atom stereocenters. The molecule has 2 aromatic carbocycles. The molecule has 5 rings (SSSR count). The summed E-state index contributed by atoms with van der Waals surface area (Å²) in [5.41, 5.74) is 2.62. The third-order valence-electron chi connectivity index (χ3n) is 5.83. The number of amides is 1. The van der Waals surface area contributed by atoms with E-state index in [9.17, 15) is 4.79 Å². The molecule has 0 saturated carbocycles. The van der Waals surface area contributed by atoms with Crippen LogP contribution < -0.4 is 29.7 Å². The van der Waals surface area contributed by atoms with Gasteiger partial charge in [-0.3, -0.25) is 4.79 Å². The van der Waals surface area contributed by atoms with Gasteiger partial charge in [-0.1, -0.05) is 0 Å². The van der Waals surface area contributed by atoms with Crippen LogP contribution in [0, 0.1) is 0 Å². The van der Waals surface area contributed by atoms with Gasteiger partial charge in [-0.2, -0.15) is 4.98 Å². The molecule has 3 aromatic rings. The monoisotopic (exact) mass is 449 g/mol. The average Bonchev–Trinajstić information content (AvgIpc) is 2.82. The second-order valence-corrected chi connectivity index (χ2v) is 8.44. The lowest BCUT2D eigenvalue weighted by atomic mass is 10.0. The van der Waals surface area contributed by atoms with Crippen molar-refractivity contribution >= 4 is 28.2 Å². The van der Waals surface area contributed by atoms with Gasteiger partial charge in [-0.05, 0) is 38.1 Å². The molecule has 0 bridgehead atoms. The zero-order valence-corrected chi connectivity index (χ0v) is 18.9. The van der Waals surface area contributed by atoms with Crippen LogP contribution in [-0.4, -0.2) is 61.4 Å². The van der Waals surface area contributed by atoms with E-state index in [1.165, 1.54) is 7.11 Å². The Hall–Kier alpha value is -3.59. The largest absolute Gasteiger partial charge is 0.486 e. The summed E-state index contributed by atoms with van der Waals surface area (Å²) in [6.07, 6.45) is 1.73. The van der Waals surface area contributed by atoms with E-state index in [-0.39, 0.29) is 11.9 Å². The maximum absolute atomic E-state index is 13.3. The van der Waals surface area contributed by atoms with Gasteiger partial charge in [-0.15, -0.1) is 0 Å². The number of carbonyl (C=O) groups excluding carboxylic acids is 1. The van der Waals surface area contributed by atoms with Crippen LogP contribution in [0.25, 0.3) is 10.9 Å². The maximum atomic E-state index is 13.3. The first-order valence-corrected chi connectivity index (χ1v) is 11.1. The highest BCUT2D eigenvalue weighted by Crippen LogP contribution is 2.34. The first-order valence-electron chi connectivity index (χ1n) is 11.1. The van der Waals surface area contributed by atoms with E-state index in [0.29, 0.717) is 53.6 Å². The molecular formula is C24H27N5O4. The second kappa shape index (κ2) is 8.74. The average molecular weight is 450 g/mol. The quantitative estimate of drug-likeness (QED) is 0.628. The van der Waals surface area contributed by atoms with Gasteiger partial charge in [-0.25, -0.2) is 4.98 Å². The van der Waals surface area contributed by atoms with Crippen molar-refractivity contribution in [3.8, 4) is 17.5 Å². The Morgan fingerprint density at radius 3 is 2.64 bits per heavy atom. The summed E-state index contributed by atoms with van der Waals surface area (Å²) in [5, 5.41) is 7.31. The number of hydrogen-bond acceptors (Lipinski definition) is 8. The van der Waals surface area contributed by atoms with Crippen LogP contribution in [0.3, 0.4) is 0 Å². The van der Waals surface area contributed by atoms with Crippen molar-refractivity contribution < 1.29 is 19.0 Å². The zero-order valence-electron chi connectivity index (χ0n) is 18.9. The molecule has 2 N–H and O–H groups in total. The van der Waals surface area contributed by atoms with E-state index < -0.39 is 0 Å². The molecule has 0 aliphatic carbocycles. The van der Waals surface area contributed by atoms with E-state index in [1.807, 2.05) is 12.1 Å². The molecular weight excluding hydrogens is 422 g/mol. The predicted molar refractivity (Wildman–Crippen MR) is 126 cm³/mol. The number of rotatable bonds is 4. The SMILES string of the molecule is COc1ncc2c(N3CC(C)NC(C)C3)ccc(C(=O)Nc3ccc4c(c3)OCCO4)c2n1. The van der Waals surface area contributed by atoms with E-state index in [1.54, 1.807) is 24.4 Å². The summed E-state index contributed by atoms with van der Waals surface area (Å²) >= 11 is 0. The number of fused-ring (bicyclic) bond motifs is 2. The first-order chi connectivity index (χ1) is 16.0. The number of benzene rings is 2. The van der Waals surface area contributed by atoms with Crippen molar-refractivity contribution in [3.05, 3.63) is 42.1 Å². The number of nitrogens with zero attached hydrogens (tertiary/aromatic N) is 3. The van der Waals surface area contributed by atoms with Crippen molar-refractivity contribution in [2.75, 3.05) is 43.6 Å². The van der Waals surface area contributed by atoms with Crippen LogP contribution >= 0.6 is 0 Å². The van der Waals surface area contributed by atoms with E-state index in [0.717, 1.165) is 24.2 Å². The summed E-state index contributed by atoms with van der Waals surface area (Å²) in [6.45, 7) is 7.04. The normalized spacial score (nSPS) is 19.9. The summed E-state index contributed by atoms with van der Waals surface area (Å²) in [7, 11) is 1.51. The van der Waals surface area contributed by atoms with Gasteiger partial charge in [0, 0.05) is 54.2 Å². The van der Waals surface area contributed by atoms with Crippen LogP contribution in [-0.2, 0) is 0 Å². The Labute approximate surface area is 192 Å². The van der Waals surface area contributed by atoms with Crippen LogP contribution in [0.2, 0.25) is 0 Å². The Bertz CT molecular complexity index is 1190. The molecule has 3 heterocycles. The number of aromatic nitrogens is 2. The van der Waals surface area contributed by atoms with Gasteiger partial charge in [0.25, 0.3) is 5.91 Å². The highest BCUT2D eigenvalue weighted by atomic mass is 16.6. The smallest absolute Gasteiger partial charge is 0.316 e. The molecule has 0 spiro atoms. The van der Waals surface area contributed by atoms with Crippen LogP contribution in [0.1, 0.15) is 24.2 Å². The molecule has 1 aromatic heterocycles. The number of piperazine rings is 1. The number of methoxy groups -OCH3 is 1. The fraction of sp³-hybridized carbons (Fsp3) is 0.375. The minimum absolute atomic E-state index is 0.218. The number of hydrogen-bond donors (Lipinski definition) is 2. The molecule has 9 nitrogen and oxygen atoms in total. The van der Waals surface area contributed by atoms with Gasteiger partial charge >= 0.3 is 6.01 Å². The topological polar surface area (TPSA) is 97.8 Å². The number of carbonyl (C=O) groups is 1. The molecule has 2 aliphatic rings. The van der Waals surface area contributed by atoms with Crippen molar-refractivity contribution in [1.29, 1.82) is 0 Å². The molecule has 0 radical (unpaired) electrons. The highest BCUT2D eigenvalue weighted by molar-refractivity contribution is 6.14. The minimum Gasteiger partial charge on any atom is -0.486 e. The van der Waals surface area contributed by atoms with Crippen molar-refractivity contribution in [1.82, 2.24) is 15.3 Å². The Kier molecular flexibility index (Phi) is 5.63. The summed E-state index contributed by atoms with van der Waals surface area (Å²) in [5.74, 6) is 1.02. The Balaban J connectivity index is 1.50. The van der Waals surface area contributed by atoms with Gasteiger partial charge in [0.1, 0.15) is 13.2 Å². The third-order valence-corrected chi connectivity index (χ3v) is 5.83. The number of ether oxygens (including phenoxy) is 3. The van der Waals surface area contributed by atoms with Gasteiger partial charge in [0.15, 0.2) is 11.5 Å². The van der Waals surface area contributed by atoms with E-state index in [2.05, 4.69) is 39.3 Å². The van der Waals surface area contributed by atoms with Crippen molar-refractivity contribution in [3.63, 3.8) is 0 Å². The van der Waals surface area contributed by atoms with E-state index >= 15 is 0 Å². The molecule has 33 heavy (non-hydrogen) atoms. The van der Waals surface area contributed by atoms with Crippen LogP contribution in [0.4, 0.5) is 11.4 Å². The summed E-state index contributed by atoms with van der Waals surface area (Å²) in [6, 6.07) is 10.1. The Morgan fingerprint density at radius 2 is 1.88 bits per heavy atom. The first kappa shape index (κ1) is 21.3. The molecule has 2 atom stereocenters. The molecule has 172 valence electrons. The molecule has 1 saturated heterocycles. The van der Waals surface area contributed by atoms with Crippen LogP contribution in [0.5, 0.6) is 17.5 Å². The van der Waals surface area contributed by atoms with E-state index in [4.69, 9.17) is 14.2 Å². The summed E-state index contributed by atoms with van der Waals surface area (Å²) in [4.78, 5) is 24.4.